The molecule has 3 heterocycles. The molecule has 27 heavy (non-hydrogen) atoms. The zero-order chi connectivity index (χ0) is 18.5. The van der Waals surface area contributed by atoms with Crippen molar-refractivity contribution < 1.29 is 4.79 Å². The van der Waals surface area contributed by atoms with Crippen molar-refractivity contribution in [1.29, 1.82) is 0 Å². The van der Waals surface area contributed by atoms with Gasteiger partial charge in [-0.15, -0.1) is 0 Å². The monoisotopic (exact) mass is 362 g/mol. The van der Waals surface area contributed by atoms with Crippen LogP contribution in [-0.2, 0) is 11.2 Å². The third-order valence-electron chi connectivity index (χ3n) is 5.25. The summed E-state index contributed by atoms with van der Waals surface area (Å²) < 4.78 is 2.12. The van der Waals surface area contributed by atoms with E-state index in [0.29, 0.717) is 6.42 Å². The molecule has 1 fully saturated rings. The second-order valence-corrected chi connectivity index (χ2v) is 7.19. The molecule has 0 aliphatic carbocycles. The Morgan fingerprint density at radius 1 is 0.963 bits per heavy atom. The molecule has 0 saturated carbocycles. The SMILES string of the molecule is O=C(CCCc1nc2cccnc2n1-c1ccccc1)N1CCCCCC1. The molecule has 1 amide bonds. The van der Waals surface area contributed by atoms with Gasteiger partial charge in [0.15, 0.2) is 5.65 Å². The number of rotatable bonds is 5. The van der Waals surface area contributed by atoms with Crippen LogP contribution in [-0.4, -0.2) is 38.4 Å². The lowest BCUT2D eigenvalue weighted by Gasteiger charge is -2.20. The highest BCUT2D eigenvalue weighted by Gasteiger charge is 2.17. The maximum Gasteiger partial charge on any atom is 0.222 e. The van der Waals surface area contributed by atoms with Crippen molar-refractivity contribution >= 4 is 17.1 Å². The first-order chi connectivity index (χ1) is 13.3. The third-order valence-corrected chi connectivity index (χ3v) is 5.25. The van der Waals surface area contributed by atoms with Gasteiger partial charge in [-0.2, -0.15) is 0 Å². The quantitative estimate of drug-likeness (QED) is 0.685. The highest BCUT2D eigenvalue weighted by Crippen LogP contribution is 2.21. The second-order valence-electron chi connectivity index (χ2n) is 7.19. The smallest absolute Gasteiger partial charge is 0.222 e. The van der Waals surface area contributed by atoms with Gasteiger partial charge in [-0.3, -0.25) is 9.36 Å². The summed E-state index contributed by atoms with van der Waals surface area (Å²) in [5, 5.41) is 0. The van der Waals surface area contributed by atoms with E-state index in [1.165, 1.54) is 12.8 Å². The molecule has 5 nitrogen and oxygen atoms in total. The van der Waals surface area contributed by atoms with E-state index in [1.54, 1.807) is 6.20 Å². The fraction of sp³-hybridized carbons (Fsp3) is 0.409. The number of carbonyl (C=O) groups excluding carboxylic acids is 1. The predicted molar refractivity (Wildman–Crippen MR) is 107 cm³/mol. The number of aryl methyl sites for hydroxylation is 1. The number of pyridine rings is 1. The third kappa shape index (κ3) is 4.02. The molecule has 0 unspecified atom stereocenters. The average Bonchev–Trinajstić information content (AvgIpc) is 2.87. The normalized spacial score (nSPS) is 15.0. The number of imidazole rings is 1. The lowest BCUT2D eigenvalue weighted by molar-refractivity contribution is -0.131. The van der Waals surface area contributed by atoms with E-state index >= 15 is 0 Å². The first-order valence-electron chi connectivity index (χ1n) is 9.98. The average molecular weight is 362 g/mol. The van der Waals surface area contributed by atoms with Crippen LogP contribution in [0.25, 0.3) is 16.9 Å². The number of hydrogen-bond acceptors (Lipinski definition) is 3. The molecule has 0 atom stereocenters. The number of hydrogen-bond donors (Lipinski definition) is 0. The lowest BCUT2D eigenvalue weighted by atomic mass is 10.2. The van der Waals surface area contributed by atoms with Crippen molar-refractivity contribution in [2.75, 3.05) is 13.1 Å². The topological polar surface area (TPSA) is 51.0 Å². The van der Waals surface area contributed by atoms with Crippen LogP contribution in [0.1, 0.15) is 44.3 Å². The van der Waals surface area contributed by atoms with Crippen molar-refractivity contribution in [2.45, 2.75) is 44.9 Å². The fourth-order valence-corrected chi connectivity index (χ4v) is 3.85. The molecule has 140 valence electrons. The van der Waals surface area contributed by atoms with Crippen LogP contribution < -0.4 is 0 Å². The molecule has 0 N–H and O–H groups in total. The van der Waals surface area contributed by atoms with E-state index in [4.69, 9.17) is 4.98 Å². The Balaban J connectivity index is 1.49. The number of likely N-dealkylation sites (tertiary alicyclic amines) is 1. The van der Waals surface area contributed by atoms with Crippen LogP contribution in [0.15, 0.2) is 48.7 Å². The molecule has 0 bridgehead atoms. The van der Waals surface area contributed by atoms with Crippen molar-refractivity contribution in [3.63, 3.8) is 0 Å². The molecule has 5 heteroatoms. The molecule has 3 aromatic rings. The molecule has 2 aromatic heterocycles. The van der Waals surface area contributed by atoms with Crippen LogP contribution >= 0.6 is 0 Å². The van der Waals surface area contributed by atoms with Crippen LogP contribution in [0.2, 0.25) is 0 Å². The summed E-state index contributed by atoms with van der Waals surface area (Å²) >= 11 is 0. The zero-order valence-electron chi connectivity index (χ0n) is 15.7. The summed E-state index contributed by atoms with van der Waals surface area (Å²) in [6.45, 7) is 1.84. The lowest BCUT2D eigenvalue weighted by Crippen LogP contribution is -2.31. The first-order valence-corrected chi connectivity index (χ1v) is 9.98. The number of nitrogens with zero attached hydrogens (tertiary/aromatic N) is 4. The molecule has 4 rings (SSSR count). The fourth-order valence-electron chi connectivity index (χ4n) is 3.85. The molecule has 1 aromatic carbocycles. The molecule has 0 radical (unpaired) electrons. The minimum atomic E-state index is 0.289. The molecule has 0 spiro atoms. The molecule has 1 aliphatic rings. The second kappa shape index (κ2) is 8.33. The minimum absolute atomic E-state index is 0.289. The van der Waals surface area contributed by atoms with Gasteiger partial charge in [0.1, 0.15) is 11.3 Å². The maximum absolute atomic E-state index is 12.6. The van der Waals surface area contributed by atoms with Gasteiger partial charge in [0, 0.05) is 37.8 Å². The number of fused-ring (bicyclic) bond motifs is 1. The maximum atomic E-state index is 12.6. The Labute approximate surface area is 160 Å². The van der Waals surface area contributed by atoms with E-state index < -0.39 is 0 Å². The van der Waals surface area contributed by atoms with Gasteiger partial charge in [0.2, 0.25) is 5.91 Å². The Morgan fingerprint density at radius 3 is 2.52 bits per heavy atom. The van der Waals surface area contributed by atoms with Crippen molar-refractivity contribution in [3.8, 4) is 5.69 Å². The van der Waals surface area contributed by atoms with Crippen LogP contribution in [0.4, 0.5) is 0 Å². The van der Waals surface area contributed by atoms with E-state index in [0.717, 1.165) is 61.4 Å². The van der Waals surface area contributed by atoms with E-state index in [-0.39, 0.29) is 5.91 Å². The van der Waals surface area contributed by atoms with Crippen molar-refractivity contribution in [2.24, 2.45) is 0 Å². The Bertz CT molecular complexity index is 895. The molecular weight excluding hydrogens is 336 g/mol. The van der Waals surface area contributed by atoms with E-state index in [2.05, 4.69) is 26.6 Å². The minimum Gasteiger partial charge on any atom is -0.343 e. The number of carbonyl (C=O) groups is 1. The zero-order valence-corrected chi connectivity index (χ0v) is 15.7. The van der Waals surface area contributed by atoms with Gasteiger partial charge in [-0.05, 0) is 43.5 Å². The van der Waals surface area contributed by atoms with E-state index in [9.17, 15) is 4.79 Å². The number of para-hydroxylation sites is 1. The summed E-state index contributed by atoms with van der Waals surface area (Å²) in [7, 11) is 0. The van der Waals surface area contributed by atoms with E-state index in [1.807, 2.05) is 30.3 Å². The largest absolute Gasteiger partial charge is 0.343 e. The summed E-state index contributed by atoms with van der Waals surface area (Å²) in [5.41, 5.74) is 2.83. The van der Waals surface area contributed by atoms with Gasteiger partial charge >= 0.3 is 0 Å². The van der Waals surface area contributed by atoms with Crippen molar-refractivity contribution in [1.82, 2.24) is 19.4 Å². The number of amides is 1. The van der Waals surface area contributed by atoms with Gasteiger partial charge in [-0.25, -0.2) is 9.97 Å². The standard InChI is InChI=1S/C22H26N4O/c27-21(25-16-6-1-2-7-17-25)14-8-13-20-24-19-12-9-15-23-22(19)26(20)18-10-4-3-5-11-18/h3-5,9-12,15H,1-2,6-8,13-14,16-17H2. The summed E-state index contributed by atoms with van der Waals surface area (Å²) in [6, 6.07) is 14.1. The first kappa shape index (κ1) is 17.7. The summed E-state index contributed by atoms with van der Waals surface area (Å²) in [6.07, 6.45) is 8.75. The molecule has 1 saturated heterocycles. The van der Waals surface area contributed by atoms with Gasteiger partial charge < -0.3 is 4.90 Å². The van der Waals surface area contributed by atoms with Gasteiger partial charge in [0.25, 0.3) is 0 Å². The van der Waals surface area contributed by atoms with Crippen LogP contribution in [0.3, 0.4) is 0 Å². The summed E-state index contributed by atoms with van der Waals surface area (Å²) in [4.78, 5) is 23.9. The highest BCUT2D eigenvalue weighted by atomic mass is 16.2. The van der Waals surface area contributed by atoms with Crippen LogP contribution in [0, 0.1) is 0 Å². The van der Waals surface area contributed by atoms with Crippen molar-refractivity contribution in [3.05, 3.63) is 54.5 Å². The number of aromatic nitrogens is 3. The Kier molecular flexibility index (Phi) is 5.47. The predicted octanol–water partition coefficient (Wildman–Crippen LogP) is 4.15. The summed E-state index contributed by atoms with van der Waals surface area (Å²) in [5.74, 6) is 1.26. The van der Waals surface area contributed by atoms with Crippen LogP contribution in [0.5, 0.6) is 0 Å². The highest BCUT2D eigenvalue weighted by molar-refractivity contribution is 5.76. The molecular formula is C22H26N4O. The molecule has 1 aliphatic heterocycles. The number of benzene rings is 1. The van der Waals surface area contributed by atoms with Gasteiger partial charge in [-0.1, -0.05) is 31.0 Å². The Morgan fingerprint density at radius 2 is 1.74 bits per heavy atom. The Hall–Kier alpha value is -2.69. The van der Waals surface area contributed by atoms with Gasteiger partial charge in [0.05, 0.1) is 0 Å².